The van der Waals surface area contributed by atoms with Gasteiger partial charge in [0.1, 0.15) is 0 Å². The first-order chi connectivity index (χ1) is 6.79. The Morgan fingerprint density at radius 2 is 2.21 bits per heavy atom. The van der Waals surface area contributed by atoms with Gasteiger partial charge in [-0.15, -0.1) is 0 Å². The van der Waals surface area contributed by atoms with Crippen molar-refractivity contribution in [2.45, 2.75) is 32.2 Å². The van der Waals surface area contributed by atoms with Gasteiger partial charge in [-0.3, -0.25) is 0 Å². The molecule has 1 heterocycles. The summed E-state index contributed by atoms with van der Waals surface area (Å²) in [6, 6.07) is 6.76. The van der Waals surface area contributed by atoms with Gasteiger partial charge in [0.25, 0.3) is 0 Å². The first-order valence-corrected chi connectivity index (χ1v) is 5.65. The maximum absolute atomic E-state index is 6.29. The topological polar surface area (TPSA) is 12.0 Å². The summed E-state index contributed by atoms with van der Waals surface area (Å²) in [5.41, 5.74) is 2.45. The maximum Gasteiger partial charge on any atom is 0.0482 e. The van der Waals surface area contributed by atoms with Crippen molar-refractivity contribution in [1.82, 2.24) is 5.32 Å². The van der Waals surface area contributed by atoms with E-state index in [1.807, 2.05) is 0 Å². The van der Waals surface area contributed by atoms with E-state index in [1.165, 1.54) is 30.4 Å². The maximum atomic E-state index is 6.29. The molecule has 0 radical (unpaired) electrons. The SMILES string of the molecule is Cc1cccc([C@@H]2CCCCN2)c1Cl. The monoisotopic (exact) mass is 209 g/mol. The number of piperidine rings is 1. The Bertz CT molecular complexity index is 316. The summed E-state index contributed by atoms with van der Waals surface area (Å²) < 4.78 is 0. The number of aryl methyl sites for hydroxylation is 1. The lowest BCUT2D eigenvalue weighted by Gasteiger charge is -2.25. The third kappa shape index (κ3) is 1.94. The van der Waals surface area contributed by atoms with Gasteiger partial charge in [-0.1, -0.05) is 36.2 Å². The highest BCUT2D eigenvalue weighted by molar-refractivity contribution is 6.32. The zero-order valence-electron chi connectivity index (χ0n) is 8.52. The van der Waals surface area contributed by atoms with Crippen molar-refractivity contribution in [3.8, 4) is 0 Å². The van der Waals surface area contributed by atoms with Gasteiger partial charge in [-0.05, 0) is 37.4 Å². The van der Waals surface area contributed by atoms with E-state index in [9.17, 15) is 0 Å². The zero-order valence-corrected chi connectivity index (χ0v) is 9.27. The van der Waals surface area contributed by atoms with Gasteiger partial charge < -0.3 is 5.32 Å². The smallest absolute Gasteiger partial charge is 0.0482 e. The highest BCUT2D eigenvalue weighted by Crippen LogP contribution is 2.30. The van der Waals surface area contributed by atoms with E-state index in [-0.39, 0.29) is 0 Å². The minimum Gasteiger partial charge on any atom is -0.310 e. The molecule has 1 fully saturated rings. The number of hydrogen-bond donors (Lipinski definition) is 1. The van der Waals surface area contributed by atoms with Crippen LogP contribution in [-0.4, -0.2) is 6.54 Å². The molecule has 2 heteroatoms. The van der Waals surface area contributed by atoms with E-state index < -0.39 is 0 Å². The van der Waals surface area contributed by atoms with Crippen LogP contribution in [0.4, 0.5) is 0 Å². The molecule has 76 valence electrons. The van der Waals surface area contributed by atoms with Gasteiger partial charge in [0.05, 0.1) is 0 Å². The van der Waals surface area contributed by atoms with Gasteiger partial charge in [0, 0.05) is 11.1 Å². The molecule has 0 unspecified atom stereocenters. The summed E-state index contributed by atoms with van der Waals surface area (Å²) in [4.78, 5) is 0. The Hall–Kier alpha value is -0.530. The lowest BCUT2D eigenvalue weighted by atomic mass is 9.96. The van der Waals surface area contributed by atoms with Gasteiger partial charge in [-0.2, -0.15) is 0 Å². The van der Waals surface area contributed by atoms with Crippen molar-refractivity contribution in [3.05, 3.63) is 34.3 Å². The Kier molecular flexibility index (Phi) is 3.09. The molecule has 1 aromatic rings. The predicted molar refractivity (Wildman–Crippen MR) is 60.8 cm³/mol. The Labute approximate surface area is 90.5 Å². The van der Waals surface area contributed by atoms with E-state index in [0.717, 1.165) is 11.6 Å². The number of halogens is 1. The number of rotatable bonds is 1. The van der Waals surface area contributed by atoms with Crippen LogP contribution in [0, 0.1) is 6.92 Å². The van der Waals surface area contributed by atoms with Crippen LogP contribution in [-0.2, 0) is 0 Å². The molecule has 0 aliphatic carbocycles. The van der Waals surface area contributed by atoms with Crippen molar-refractivity contribution in [2.75, 3.05) is 6.54 Å². The summed E-state index contributed by atoms with van der Waals surface area (Å²) in [7, 11) is 0. The van der Waals surface area contributed by atoms with E-state index >= 15 is 0 Å². The molecular formula is C12H16ClN. The van der Waals surface area contributed by atoms with E-state index in [4.69, 9.17) is 11.6 Å². The number of hydrogen-bond acceptors (Lipinski definition) is 1. The lowest BCUT2D eigenvalue weighted by molar-refractivity contribution is 0.412. The second-order valence-electron chi connectivity index (χ2n) is 3.98. The normalized spacial score (nSPS) is 22.3. The van der Waals surface area contributed by atoms with Crippen LogP contribution >= 0.6 is 11.6 Å². The minimum atomic E-state index is 0.469. The van der Waals surface area contributed by atoms with Crippen LogP contribution < -0.4 is 5.32 Å². The van der Waals surface area contributed by atoms with Gasteiger partial charge in [0.15, 0.2) is 0 Å². The number of benzene rings is 1. The van der Waals surface area contributed by atoms with Crippen molar-refractivity contribution in [2.24, 2.45) is 0 Å². The molecule has 1 aromatic carbocycles. The quantitative estimate of drug-likeness (QED) is 0.747. The first-order valence-electron chi connectivity index (χ1n) is 5.27. The summed E-state index contributed by atoms with van der Waals surface area (Å²) in [5, 5.41) is 4.46. The Morgan fingerprint density at radius 1 is 1.36 bits per heavy atom. The average molecular weight is 210 g/mol. The highest BCUT2D eigenvalue weighted by atomic mass is 35.5. The molecule has 2 rings (SSSR count). The van der Waals surface area contributed by atoms with E-state index in [2.05, 4.69) is 30.4 Å². The standard InChI is InChI=1S/C12H16ClN/c1-9-5-4-6-10(12(9)13)11-7-2-3-8-14-11/h4-6,11,14H,2-3,7-8H2,1H3/t11-/m0/s1. The molecule has 1 N–H and O–H groups in total. The zero-order chi connectivity index (χ0) is 9.97. The largest absolute Gasteiger partial charge is 0.310 e. The summed E-state index contributed by atoms with van der Waals surface area (Å²) in [5.74, 6) is 0. The van der Waals surface area contributed by atoms with Crippen molar-refractivity contribution >= 4 is 11.6 Å². The molecule has 1 atom stereocenters. The lowest BCUT2D eigenvalue weighted by Crippen LogP contribution is -2.27. The molecule has 0 bridgehead atoms. The summed E-state index contributed by atoms with van der Waals surface area (Å²) in [6.45, 7) is 3.18. The average Bonchev–Trinajstić information content (AvgIpc) is 2.23. The third-order valence-corrected chi connectivity index (χ3v) is 3.42. The second kappa shape index (κ2) is 4.33. The Morgan fingerprint density at radius 3 is 2.93 bits per heavy atom. The fourth-order valence-electron chi connectivity index (χ4n) is 2.06. The highest BCUT2D eigenvalue weighted by Gasteiger charge is 2.17. The molecule has 1 aliphatic heterocycles. The molecule has 14 heavy (non-hydrogen) atoms. The fraction of sp³-hybridized carbons (Fsp3) is 0.500. The molecular weight excluding hydrogens is 194 g/mol. The van der Waals surface area contributed by atoms with Crippen LogP contribution in [0.25, 0.3) is 0 Å². The molecule has 0 aromatic heterocycles. The van der Waals surface area contributed by atoms with Gasteiger partial charge >= 0.3 is 0 Å². The fourth-order valence-corrected chi connectivity index (χ4v) is 2.31. The van der Waals surface area contributed by atoms with Crippen molar-refractivity contribution in [3.63, 3.8) is 0 Å². The predicted octanol–water partition coefficient (Wildman–Crippen LogP) is 3.46. The van der Waals surface area contributed by atoms with Gasteiger partial charge in [0.2, 0.25) is 0 Å². The molecule has 0 amide bonds. The molecule has 1 aliphatic rings. The summed E-state index contributed by atoms with van der Waals surface area (Å²) >= 11 is 6.29. The van der Waals surface area contributed by atoms with Crippen molar-refractivity contribution in [1.29, 1.82) is 0 Å². The van der Waals surface area contributed by atoms with Crippen LogP contribution in [0.5, 0.6) is 0 Å². The van der Waals surface area contributed by atoms with Crippen LogP contribution in [0.15, 0.2) is 18.2 Å². The van der Waals surface area contributed by atoms with Crippen molar-refractivity contribution < 1.29 is 0 Å². The van der Waals surface area contributed by atoms with Crippen LogP contribution in [0.3, 0.4) is 0 Å². The molecule has 1 nitrogen and oxygen atoms in total. The third-order valence-electron chi connectivity index (χ3n) is 2.91. The first kappa shape index (κ1) is 10.0. The molecule has 0 saturated carbocycles. The Balaban J connectivity index is 2.26. The molecule has 1 saturated heterocycles. The van der Waals surface area contributed by atoms with E-state index in [1.54, 1.807) is 0 Å². The molecule has 0 spiro atoms. The van der Waals surface area contributed by atoms with Gasteiger partial charge in [-0.25, -0.2) is 0 Å². The second-order valence-corrected chi connectivity index (χ2v) is 4.36. The van der Waals surface area contributed by atoms with Crippen LogP contribution in [0.1, 0.15) is 36.4 Å². The van der Waals surface area contributed by atoms with E-state index in [0.29, 0.717) is 6.04 Å². The summed E-state index contributed by atoms with van der Waals surface area (Å²) in [6.07, 6.45) is 3.81. The number of nitrogens with one attached hydrogen (secondary N) is 1. The van der Waals surface area contributed by atoms with Crippen LogP contribution in [0.2, 0.25) is 5.02 Å². The minimum absolute atomic E-state index is 0.469.